The number of hydrogen-bond acceptors (Lipinski definition) is 6. The van der Waals surface area contributed by atoms with E-state index >= 15 is 0 Å². The summed E-state index contributed by atoms with van der Waals surface area (Å²) >= 11 is 0. The van der Waals surface area contributed by atoms with Crippen molar-refractivity contribution in [1.29, 1.82) is 0 Å². The van der Waals surface area contributed by atoms with Gasteiger partial charge in [-0.05, 0) is 73.1 Å². The normalized spacial score (nSPS) is 14.9. The molecule has 3 aromatic rings. The predicted octanol–water partition coefficient (Wildman–Crippen LogP) is 4.92. The lowest BCUT2D eigenvalue weighted by Gasteiger charge is -2.23. The highest BCUT2D eigenvalue weighted by atomic mass is 16.5. The topological polar surface area (TPSA) is 86.9 Å². The molecule has 0 fully saturated rings. The maximum atomic E-state index is 13.4. The number of rotatable bonds is 9. The van der Waals surface area contributed by atoms with Gasteiger partial charge in [-0.25, -0.2) is 4.79 Å². The summed E-state index contributed by atoms with van der Waals surface area (Å²) in [5.41, 5.74) is 4.59. The molecule has 0 saturated carbocycles. The smallest absolute Gasteiger partial charge is 0.355 e. The van der Waals surface area contributed by atoms with Crippen molar-refractivity contribution in [1.82, 2.24) is 4.98 Å². The minimum Gasteiger partial charge on any atom is -0.497 e. The maximum absolute atomic E-state index is 13.4. The maximum Gasteiger partial charge on any atom is 0.355 e. The van der Waals surface area contributed by atoms with Crippen molar-refractivity contribution in [2.45, 2.75) is 38.5 Å². The molecule has 184 valence electrons. The van der Waals surface area contributed by atoms with Crippen molar-refractivity contribution < 1.29 is 28.5 Å². The van der Waals surface area contributed by atoms with Crippen LogP contribution in [0.2, 0.25) is 0 Å². The second-order valence-electron chi connectivity index (χ2n) is 8.55. The van der Waals surface area contributed by atoms with Crippen LogP contribution in [0.1, 0.15) is 62.5 Å². The third kappa shape index (κ3) is 5.04. The molecule has 35 heavy (non-hydrogen) atoms. The molecule has 1 aromatic heterocycles. The average Bonchev–Trinajstić information content (AvgIpc) is 3.26. The number of aromatic nitrogens is 1. The van der Waals surface area contributed by atoms with E-state index in [0.29, 0.717) is 48.4 Å². The fourth-order valence-electron chi connectivity index (χ4n) is 4.80. The lowest BCUT2D eigenvalue weighted by atomic mass is 9.80. The van der Waals surface area contributed by atoms with Crippen LogP contribution in [0.3, 0.4) is 0 Å². The average molecular weight is 478 g/mol. The van der Waals surface area contributed by atoms with Gasteiger partial charge in [0.05, 0.1) is 27.9 Å². The number of ketones is 1. The first-order chi connectivity index (χ1) is 17.0. The number of fused-ring (bicyclic) bond motifs is 1. The van der Waals surface area contributed by atoms with Crippen LogP contribution < -0.4 is 14.2 Å². The van der Waals surface area contributed by atoms with E-state index in [9.17, 15) is 9.59 Å². The third-order valence-electron chi connectivity index (χ3n) is 6.50. The van der Waals surface area contributed by atoms with Crippen LogP contribution in [0.5, 0.6) is 17.2 Å². The minimum absolute atomic E-state index is 0.0264. The number of esters is 1. The van der Waals surface area contributed by atoms with Crippen molar-refractivity contribution in [3.05, 3.63) is 76.1 Å². The number of carbonyl (C=O) groups excluding carboxylic acids is 2. The summed E-state index contributed by atoms with van der Waals surface area (Å²) in [6.07, 6.45) is 2.18. The van der Waals surface area contributed by atoms with E-state index in [1.54, 1.807) is 28.3 Å². The first kappa shape index (κ1) is 24.4. The van der Waals surface area contributed by atoms with Crippen molar-refractivity contribution in [2.75, 3.05) is 27.9 Å². The molecule has 1 aliphatic rings. The molecule has 7 nitrogen and oxygen atoms in total. The van der Waals surface area contributed by atoms with E-state index in [-0.39, 0.29) is 18.3 Å². The highest BCUT2D eigenvalue weighted by molar-refractivity contribution is 6.04. The zero-order valence-corrected chi connectivity index (χ0v) is 20.6. The molecule has 0 unspecified atom stereocenters. The summed E-state index contributed by atoms with van der Waals surface area (Å²) in [5.74, 6) is 1.61. The summed E-state index contributed by atoms with van der Waals surface area (Å²) in [7, 11) is 4.82. The predicted molar refractivity (Wildman–Crippen MR) is 132 cm³/mol. The van der Waals surface area contributed by atoms with Gasteiger partial charge < -0.3 is 23.9 Å². The summed E-state index contributed by atoms with van der Waals surface area (Å²) in [6.45, 7) is 2.04. The van der Waals surface area contributed by atoms with Gasteiger partial charge in [0.15, 0.2) is 17.3 Å². The van der Waals surface area contributed by atoms with Gasteiger partial charge in [0.2, 0.25) is 0 Å². The lowest BCUT2D eigenvalue weighted by molar-refractivity contribution is 0.0518. The van der Waals surface area contributed by atoms with Crippen LogP contribution in [-0.2, 0) is 24.0 Å². The van der Waals surface area contributed by atoms with Gasteiger partial charge in [-0.1, -0.05) is 18.2 Å². The van der Waals surface area contributed by atoms with Gasteiger partial charge >= 0.3 is 5.97 Å². The van der Waals surface area contributed by atoms with Gasteiger partial charge in [0.25, 0.3) is 0 Å². The van der Waals surface area contributed by atoms with Gasteiger partial charge in [0.1, 0.15) is 11.4 Å². The Kier molecular flexibility index (Phi) is 7.44. The molecule has 0 bridgehead atoms. The highest BCUT2D eigenvalue weighted by Gasteiger charge is 2.34. The number of methoxy groups -OCH3 is 3. The molecule has 0 radical (unpaired) electrons. The van der Waals surface area contributed by atoms with Crippen LogP contribution in [0, 0.1) is 0 Å². The molecular weight excluding hydrogens is 446 g/mol. The van der Waals surface area contributed by atoms with Crippen molar-refractivity contribution in [3.63, 3.8) is 0 Å². The summed E-state index contributed by atoms with van der Waals surface area (Å²) < 4.78 is 21.4. The second kappa shape index (κ2) is 10.7. The first-order valence-corrected chi connectivity index (χ1v) is 11.8. The number of aryl methyl sites for hydroxylation is 1. The fraction of sp³-hybridized carbons (Fsp3) is 0.357. The Labute approximate surface area is 205 Å². The van der Waals surface area contributed by atoms with E-state index in [4.69, 9.17) is 18.9 Å². The standard InChI is InChI=1S/C28H31NO6/c1-5-35-28(31)27-21(11-9-17-7-6-8-20(13-17)32-2)26-22(29-27)14-19(15-23(26)30)18-10-12-24(33-3)25(16-18)34-4/h6-8,10,12-13,16,19,29H,5,9,11,14-15H2,1-4H3/t19-/m1/s1. The molecule has 0 amide bonds. The number of Topliss-reactive ketones (excluding diaryl/α,β-unsaturated/α-hetero) is 1. The fourth-order valence-corrected chi connectivity index (χ4v) is 4.80. The van der Waals surface area contributed by atoms with Crippen molar-refractivity contribution in [2.24, 2.45) is 0 Å². The Hall–Kier alpha value is -3.74. The molecule has 2 aromatic carbocycles. The van der Waals surface area contributed by atoms with Gasteiger partial charge in [-0.2, -0.15) is 0 Å². The molecule has 1 atom stereocenters. The lowest BCUT2D eigenvalue weighted by Crippen LogP contribution is -2.19. The Morgan fingerprint density at radius 3 is 2.49 bits per heavy atom. The number of hydrogen-bond donors (Lipinski definition) is 1. The Bertz CT molecular complexity index is 1230. The second-order valence-corrected chi connectivity index (χ2v) is 8.55. The van der Waals surface area contributed by atoms with Crippen LogP contribution in [0.15, 0.2) is 42.5 Å². The van der Waals surface area contributed by atoms with E-state index in [2.05, 4.69) is 4.98 Å². The van der Waals surface area contributed by atoms with Crippen LogP contribution in [0.25, 0.3) is 0 Å². The van der Waals surface area contributed by atoms with Crippen molar-refractivity contribution in [3.8, 4) is 17.2 Å². The van der Waals surface area contributed by atoms with Crippen LogP contribution >= 0.6 is 0 Å². The molecule has 1 aliphatic carbocycles. The van der Waals surface area contributed by atoms with Gasteiger partial charge in [-0.3, -0.25) is 4.79 Å². The zero-order chi connectivity index (χ0) is 24.9. The van der Waals surface area contributed by atoms with E-state index < -0.39 is 5.97 Å². The molecule has 1 heterocycles. The van der Waals surface area contributed by atoms with E-state index in [0.717, 1.165) is 28.1 Å². The number of carbonyl (C=O) groups is 2. The number of H-pyrrole nitrogens is 1. The molecule has 4 rings (SSSR count). The van der Waals surface area contributed by atoms with Crippen molar-refractivity contribution >= 4 is 11.8 Å². The SMILES string of the molecule is CCOC(=O)c1[nH]c2c(c1CCc1cccc(OC)c1)C(=O)C[C@H](c1ccc(OC)c(OC)c1)C2. The molecule has 7 heteroatoms. The number of aromatic amines is 1. The van der Waals surface area contributed by atoms with E-state index in [1.165, 1.54) is 0 Å². The van der Waals surface area contributed by atoms with Gasteiger partial charge in [-0.15, -0.1) is 0 Å². The largest absolute Gasteiger partial charge is 0.497 e. The van der Waals surface area contributed by atoms with Gasteiger partial charge in [0, 0.05) is 17.7 Å². The summed E-state index contributed by atoms with van der Waals surface area (Å²) in [6, 6.07) is 13.5. The minimum atomic E-state index is -0.432. The molecule has 0 spiro atoms. The summed E-state index contributed by atoms with van der Waals surface area (Å²) in [4.78, 5) is 29.5. The molecular formula is C28H31NO6. The summed E-state index contributed by atoms with van der Waals surface area (Å²) in [5, 5.41) is 0. The zero-order valence-electron chi connectivity index (χ0n) is 20.6. The van der Waals surface area contributed by atoms with Crippen LogP contribution in [0.4, 0.5) is 0 Å². The number of benzene rings is 2. The number of ether oxygens (including phenoxy) is 4. The molecule has 1 N–H and O–H groups in total. The van der Waals surface area contributed by atoms with Crippen LogP contribution in [-0.4, -0.2) is 44.7 Å². The Morgan fingerprint density at radius 2 is 1.77 bits per heavy atom. The Balaban J connectivity index is 1.66. The molecule has 0 aliphatic heterocycles. The monoisotopic (exact) mass is 477 g/mol. The third-order valence-corrected chi connectivity index (χ3v) is 6.50. The quantitative estimate of drug-likeness (QED) is 0.441. The molecule has 0 saturated heterocycles. The number of nitrogens with one attached hydrogen (secondary N) is 1. The highest BCUT2D eigenvalue weighted by Crippen LogP contribution is 2.39. The Morgan fingerprint density at radius 1 is 0.971 bits per heavy atom. The van der Waals surface area contributed by atoms with E-state index in [1.807, 2.05) is 42.5 Å². The first-order valence-electron chi connectivity index (χ1n) is 11.8.